The molecule has 0 aromatic heterocycles. The molecule has 3 rings (SSSR count). The zero-order valence-corrected chi connectivity index (χ0v) is 15.8. The number of methoxy groups -OCH3 is 1. The molecule has 2 fully saturated rings. The van der Waals surface area contributed by atoms with Gasteiger partial charge in [-0.05, 0) is 42.9 Å². The first-order valence-corrected chi connectivity index (χ1v) is 10.5. The van der Waals surface area contributed by atoms with Gasteiger partial charge < -0.3 is 9.64 Å². The highest BCUT2D eigenvalue weighted by atomic mass is 32.2. The summed E-state index contributed by atoms with van der Waals surface area (Å²) >= 11 is 0. The highest BCUT2D eigenvalue weighted by molar-refractivity contribution is 7.88. The molecule has 1 saturated heterocycles. The van der Waals surface area contributed by atoms with Gasteiger partial charge in [-0.2, -0.15) is 0 Å². The van der Waals surface area contributed by atoms with Gasteiger partial charge in [0.05, 0.1) is 13.4 Å². The van der Waals surface area contributed by atoms with Crippen LogP contribution < -0.4 is 4.74 Å². The van der Waals surface area contributed by atoms with E-state index >= 15 is 0 Å². The summed E-state index contributed by atoms with van der Waals surface area (Å²) in [5.74, 6) is 1.17. The van der Waals surface area contributed by atoms with Crippen LogP contribution in [0.4, 0.5) is 0 Å². The predicted molar refractivity (Wildman–Crippen MR) is 96.1 cm³/mol. The first-order valence-electron chi connectivity index (χ1n) is 8.67. The summed E-state index contributed by atoms with van der Waals surface area (Å²) in [5.41, 5.74) is 0.599. The molecule has 0 spiro atoms. The Labute approximate surface area is 149 Å². The molecule has 1 saturated carbocycles. The van der Waals surface area contributed by atoms with Crippen molar-refractivity contribution < 1.29 is 17.9 Å². The second-order valence-electron chi connectivity index (χ2n) is 7.15. The monoisotopic (exact) mass is 366 g/mol. The van der Waals surface area contributed by atoms with Crippen LogP contribution in [0.1, 0.15) is 29.6 Å². The van der Waals surface area contributed by atoms with Crippen molar-refractivity contribution in [3.8, 4) is 5.75 Å². The van der Waals surface area contributed by atoms with Crippen molar-refractivity contribution in [2.75, 3.05) is 33.5 Å². The van der Waals surface area contributed by atoms with Crippen LogP contribution in [0.15, 0.2) is 24.3 Å². The Hall–Kier alpha value is -1.60. The molecule has 0 bridgehead atoms. The topological polar surface area (TPSA) is 66.9 Å². The Morgan fingerprint density at radius 3 is 2.72 bits per heavy atom. The molecule has 0 N–H and O–H groups in total. The maximum atomic E-state index is 12.9. The van der Waals surface area contributed by atoms with E-state index < -0.39 is 10.0 Å². The second-order valence-corrected chi connectivity index (χ2v) is 9.13. The molecule has 1 aromatic carbocycles. The molecule has 7 heteroatoms. The standard InChI is InChI=1S/C18H26N2O4S/c1-19(18(21)13-6-4-8-15(10-13)24-2)17-9-5-7-14-11-20(12-16(14)17)25(3,22)23/h4,6,8,10,14,16-17H,5,7,9,11-12H2,1-3H3. The van der Waals surface area contributed by atoms with E-state index in [0.29, 0.717) is 30.3 Å². The molecule has 25 heavy (non-hydrogen) atoms. The fraction of sp³-hybridized carbons (Fsp3) is 0.611. The smallest absolute Gasteiger partial charge is 0.253 e. The van der Waals surface area contributed by atoms with Gasteiger partial charge >= 0.3 is 0 Å². The second kappa shape index (κ2) is 6.96. The molecular weight excluding hydrogens is 340 g/mol. The van der Waals surface area contributed by atoms with Gasteiger partial charge in [-0.3, -0.25) is 4.79 Å². The zero-order chi connectivity index (χ0) is 18.2. The molecule has 1 aliphatic heterocycles. The number of ether oxygens (including phenoxy) is 1. The lowest BCUT2D eigenvalue weighted by molar-refractivity contribution is 0.0580. The summed E-state index contributed by atoms with van der Waals surface area (Å²) < 4.78 is 30.6. The highest BCUT2D eigenvalue weighted by Gasteiger charge is 2.45. The van der Waals surface area contributed by atoms with E-state index in [-0.39, 0.29) is 17.9 Å². The first-order chi connectivity index (χ1) is 11.8. The Kier molecular flexibility index (Phi) is 5.06. The van der Waals surface area contributed by atoms with Gasteiger partial charge in [-0.15, -0.1) is 0 Å². The Morgan fingerprint density at radius 2 is 2.04 bits per heavy atom. The summed E-state index contributed by atoms with van der Waals surface area (Å²) in [6, 6.07) is 7.23. The van der Waals surface area contributed by atoms with Crippen LogP contribution in [-0.2, 0) is 10.0 Å². The van der Waals surface area contributed by atoms with Crippen molar-refractivity contribution in [3.63, 3.8) is 0 Å². The summed E-state index contributed by atoms with van der Waals surface area (Å²) in [6.07, 6.45) is 4.25. The lowest BCUT2D eigenvalue weighted by Crippen LogP contribution is -2.46. The van der Waals surface area contributed by atoms with Crippen LogP contribution in [0.25, 0.3) is 0 Å². The predicted octanol–water partition coefficient (Wildman–Crippen LogP) is 1.83. The Bertz CT molecular complexity index is 749. The van der Waals surface area contributed by atoms with Crippen LogP contribution in [0, 0.1) is 11.8 Å². The van der Waals surface area contributed by atoms with Gasteiger partial charge in [0.2, 0.25) is 10.0 Å². The number of carbonyl (C=O) groups excluding carboxylic acids is 1. The summed E-state index contributed by atoms with van der Waals surface area (Å²) in [4.78, 5) is 14.7. The van der Waals surface area contributed by atoms with Crippen LogP contribution in [0.5, 0.6) is 5.75 Å². The molecule has 138 valence electrons. The van der Waals surface area contributed by atoms with E-state index in [4.69, 9.17) is 4.74 Å². The van der Waals surface area contributed by atoms with Crippen LogP contribution in [0.3, 0.4) is 0 Å². The van der Waals surface area contributed by atoms with Crippen molar-refractivity contribution in [2.45, 2.75) is 25.3 Å². The third-order valence-electron chi connectivity index (χ3n) is 5.63. The fourth-order valence-corrected chi connectivity index (χ4v) is 5.17. The number of hydrogen-bond acceptors (Lipinski definition) is 4. The number of amides is 1. The van der Waals surface area contributed by atoms with E-state index in [1.165, 1.54) is 6.26 Å². The first kappa shape index (κ1) is 18.2. The number of hydrogen-bond donors (Lipinski definition) is 0. The van der Waals surface area contributed by atoms with E-state index in [1.807, 2.05) is 19.2 Å². The maximum absolute atomic E-state index is 12.9. The van der Waals surface area contributed by atoms with Gasteiger partial charge in [0.25, 0.3) is 5.91 Å². The normalized spacial score (nSPS) is 26.9. The number of fused-ring (bicyclic) bond motifs is 1. The summed E-state index contributed by atoms with van der Waals surface area (Å²) in [7, 11) is 0.234. The minimum atomic E-state index is -3.18. The Balaban J connectivity index is 1.79. The molecule has 1 aromatic rings. The average Bonchev–Trinajstić information content (AvgIpc) is 3.05. The lowest BCUT2D eigenvalue weighted by Gasteiger charge is -2.39. The third-order valence-corrected chi connectivity index (χ3v) is 6.87. The van der Waals surface area contributed by atoms with Crippen molar-refractivity contribution in [1.82, 2.24) is 9.21 Å². The van der Waals surface area contributed by atoms with Gasteiger partial charge in [0.15, 0.2) is 0 Å². The number of rotatable bonds is 4. The van der Waals surface area contributed by atoms with E-state index in [0.717, 1.165) is 19.3 Å². The van der Waals surface area contributed by atoms with Crippen molar-refractivity contribution >= 4 is 15.9 Å². The SMILES string of the molecule is COc1cccc(C(=O)N(C)C2CCCC3CN(S(C)(=O)=O)CC32)c1. The van der Waals surface area contributed by atoms with Crippen LogP contribution in [-0.4, -0.2) is 63.1 Å². The molecule has 0 radical (unpaired) electrons. The molecule has 1 heterocycles. The molecule has 6 nitrogen and oxygen atoms in total. The van der Waals surface area contributed by atoms with Crippen LogP contribution in [0.2, 0.25) is 0 Å². The molecule has 1 aliphatic carbocycles. The molecule has 3 atom stereocenters. The Morgan fingerprint density at radius 1 is 1.28 bits per heavy atom. The van der Waals surface area contributed by atoms with Crippen molar-refractivity contribution in [1.29, 1.82) is 0 Å². The highest BCUT2D eigenvalue weighted by Crippen LogP contribution is 2.39. The largest absolute Gasteiger partial charge is 0.497 e. The number of nitrogens with zero attached hydrogens (tertiary/aromatic N) is 2. The minimum absolute atomic E-state index is 0.0395. The quantitative estimate of drug-likeness (QED) is 0.815. The van der Waals surface area contributed by atoms with Gasteiger partial charge in [0, 0.05) is 31.7 Å². The molecule has 3 unspecified atom stereocenters. The molecular formula is C18H26N2O4S. The number of sulfonamides is 1. The maximum Gasteiger partial charge on any atom is 0.253 e. The third kappa shape index (κ3) is 3.67. The fourth-order valence-electron chi connectivity index (χ4n) is 4.26. The molecule has 2 aliphatic rings. The van der Waals surface area contributed by atoms with E-state index in [2.05, 4.69) is 0 Å². The minimum Gasteiger partial charge on any atom is -0.497 e. The van der Waals surface area contributed by atoms with E-state index in [1.54, 1.807) is 28.4 Å². The van der Waals surface area contributed by atoms with Gasteiger partial charge in [0.1, 0.15) is 5.75 Å². The number of benzene rings is 1. The van der Waals surface area contributed by atoms with Crippen molar-refractivity contribution in [3.05, 3.63) is 29.8 Å². The van der Waals surface area contributed by atoms with Crippen LogP contribution >= 0.6 is 0 Å². The number of carbonyl (C=O) groups is 1. The zero-order valence-electron chi connectivity index (χ0n) is 15.0. The summed E-state index contributed by atoms with van der Waals surface area (Å²) in [5, 5.41) is 0. The summed E-state index contributed by atoms with van der Waals surface area (Å²) in [6.45, 7) is 1.10. The average molecular weight is 366 g/mol. The van der Waals surface area contributed by atoms with Gasteiger partial charge in [-0.1, -0.05) is 12.5 Å². The van der Waals surface area contributed by atoms with Gasteiger partial charge in [-0.25, -0.2) is 12.7 Å². The lowest BCUT2D eigenvalue weighted by atomic mass is 9.77. The molecule has 1 amide bonds. The van der Waals surface area contributed by atoms with Crippen molar-refractivity contribution in [2.24, 2.45) is 11.8 Å². The van der Waals surface area contributed by atoms with E-state index in [9.17, 15) is 13.2 Å².